The third-order valence-electron chi connectivity index (χ3n) is 3.58. The molecule has 3 N–H and O–H groups in total. The molecule has 5 nitrogen and oxygen atoms in total. The number of nitrogens with one attached hydrogen (secondary N) is 2. The fraction of sp³-hybridized carbons (Fsp3) is 0.118. The van der Waals surface area contributed by atoms with Gasteiger partial charge in [0.2, 0.25) is 11.0 Å². The minimum Gasteiger partial charge on any atom is -0.493 e. The number of thiocarbonyl (C=S) groups is 1. The van der Waals surface area contributed by atoms with Gasteiger partial charge in [0.1, 0.15) is 0 Å². The van der Waals surface area contributed by atoms with Gasteiger partial charge in [0.05, 0.1) is 5.52 Å². The Bertz CT molecular complexity index is 965. The number of azo groups is 1. The van der Waals surface area contributed by atoms with Crippen LogP contribution in [-0.2, 0) is 0 Å². The van der Waals surface area contributed by atoms with E-state index in [1.54, 1.807) is 0 Å². The molecule has 7 heteroatoms. The molecule has 0 bridgehead atoms. The third kappa shape index (κ3) is 3.47. The Balaban J connectivity index is 1.84. The van der Waals surface area contributed by atoms with Gasteiger partial charge in [-0.1, -0.05) is 33.6 Å². The lowest BCUT2D eigenvalue weighted by Gasteiger charge is -2.07. The molecule has 0 radical (unpaired) electrons. The van der Waals surface area contributed by atoms with Gasteiger partial charge in [-0.2, -0.15) is 0 Å². The Hall–Kier alpha value is -2.25. The number of H-pyrrole nitrogens is 1. The summed E-state index contributed by atoms with van der Waals surface area (Å²) in [5, 5.41) is 22.2. The largest absolute Gasteiger partial charge is 0.493 e. The van der Waals surface area contributed by atoms with Crippen molar-refractivity contribution in [2.75, 3.05) is 5.32 Å². The van der Waals surface area contributed by atoms with E-state index >= 15 is 0 Å². The zero-order valence-corrected chi connectivity index (χ0v) is 15.5. The molecule has 24 heavy (non-hydrogen) atoms. The van der Waals surface area contributed by atoms with Crippen LogP contribution in [-0.4, -0.2) is 15.2 Å². The Kier molecular flexibility index (Phi) is 4.64. The molecule has 122 valence electrons. The summed E-state index contributed by atoms with van der Waals surface area (Å²) in [6, 6.07) is 11.6. The molecule has 2 aromatic carbocycles. The van der Waals surface area contributed by atoms with E-state index in [9.17, 15) is 5.11 Å². The average molecular weight is 403 g/mol. The van der Waals surface area contributed by atoms with Crippen LogP contribution in [0.25, 0.3) is 10.9 Å². The number of aryl methyl sites for hydroxylation is 2. The lowest BCUT2D eigenvalue weighted by molar-refractivity contribution is 0.459. The van der Waals surface area contributed by atoms with Crippen LogP contribution in [0.5, 0.6) is 5.88 Å². The van der Waals surface area contributed by atoms with Gasteiger partial charge in [0, 0.05) is 15.5 Å². The standard InChI is InChI=1S/C17H15BrN4OS/c1-9-3-5-13(10(2)7-9)20-17(24)22-21-15-12-8-11(18)4-6-14(12)19-16(15)23/h3-8,19,23H,1-2H3,(H,20,24). The molecule has 3 aromatic rings. The topological polar surface area (TPSA) is 72.8 Å². The van der Waals surface area contributed by atoms with E-state index in [1.807, 2.05) is 44.2 Å². The zero-order chi connectivity index (χ0) is 17.3. The van der Waals surface area contributed by atoms with Crippen molar-refractivity contribution in [2.45, 2.75) is 13.8 Å². The van der Waals surface area contributed by atoms with Crippen LogP contribution >= 0.6 is 28.1 Å². The minimum atomic E-state index is -0.0406. The van der Waals surface area contributed by atoms with E-state index < -0.39 is 0 Å². The second kappa shape index (κ2) is 6.70. The number of anilines is 1. The molecule has 3 rings (SSSR count). The molecule has 0 spiro atoms. The van der Waals surface area contributed by atoms with Gasteiger partial charge in [-0.3, -0.25) is 0 Å². The van der Waals surface area contributed by atoms with E-state index in [1.165, 1.54) is 5.56 Å². The quantitative estimate of drug-likeness (QED) is 0.378. The van der Waals surface area contributed by atoms with Crippen LogP contribution < -0.4 is 5.32 Å². The molecule has 0 saturated carbocycles. The number of hydrogen-bond donors (Lipinski definition) is 3. The number of hydrogen-bond acceptors (Lipinski definition) is 3. The average Bonchev–Trinajstić information content (AvgIpc) is 2.83. The lowest BCUT2D eigenvalue weighted by atomic mass is 10.1. The minimum absolute atomic E-state index is 0.0406. The molecule has 0 aliphatic heterocycles. The van der Waals surface area contributed by atoms with E-state index in [2.05, 4.69) is 42.5 Å². The van der Waals surface area contributed by atoms with Crippen LogP contribution in [0.2, 0.25) is 0 Å². The molecule has 0 fully saturated rings. The van der Waals surface area contributed by atoms with Crippen LogP contribution in [0, 0.1) is 13.8 Å². The highest BCUT2D eigenvalue weighted by molar-refractivity contribution is 9.10. The molecule has 0 aliphatic carbocycles. The van der Waals surface area contributed by atoms with Gasteiger partial charge in [-0.15, -0.1) is 10.2 Å². The maximum atomic E-state index is 10.0. The first-order chi connectivity index (χ1) is 11.4. The van der Waals surface area contributed by atoms with Gasteiger partial charge < -0.3 is 15.4 Å². The molecule has 1 heterocycles. The van der Waals surface area contributed by atoms with Crippen molar-refractivity contribution in [1.82, 2.24) is 4.98 Å². The van der Waals surface area contributed by atoms with Crippen LogP contribution in [0.4, 0.5) is 11.4 Å². The predicted octanol–water partition coefficient (Wildman–Crippen LogP) is 5.73. The SMILES string of the molecule is Cc1ccc(NC(=S)N=Nc2c(O)[nH]c3ccc(Br)cc23)c(C)c1. The van der Waals surface area contributed by atoms with E-state index in [0.29, 0.717) is 5.69 Å². The normalized spacial score (nSPS) is 11.3. The second-order valence-corrected chi connectivity index (χ2v) is 6.76. The second-order valence-electron chi connectivity index (χ2n) is 5.46. The number of rotatable bonds is 2. The molecular weight excluding hydrogens is 388 g/mol. The summed E-state index contributed by atoms with van der Waals surface area (Å²) in [7, 11) is 0. The third-order valence-corrected chi connectivity index (χ3v) is 4.26. The number of aromatic hydroxyl groups is 1. The number of fused-ring (bicyclic) bond motifs is 1. The van der Waals surface area contributed by atoms with Crippen LogP contribution in [0.1, 0.15) is 11.1 Å². The molecule has 0 saturated heterocycles. The summed E-state index contributed by atoms with van der Waals surface area (Å²) in [5.41, 5.74) is 4.27. The Morgan fingerprint density at radius 1 is 1.21 bits per heavy atom. The Morgan fingerprint density at radius 3 is 2.75 bits per heavy atom. The maximum absolute atomic E-state index is 10.0. The molecule has 1 aromatic heterocycles. The van der Waals surface area contributed by atoms with Crippen molar-refractivity contribution in [3.8, 4) is 5.88 Å². The Labute approximate surface area is 152 Å². The summed E-state index contributed by atoms with van der Waals surface area (Å²) < 4.78 is 0.890. The van der Waals surface area contributed by atoms with Crippen molar-refractivity contribution < 1.29 is 5.11 Å². The first-order valence-corrected chi connectivity index (χ1v) is 8.44. The number of aromatic nitrogens is 1. The summed E-state index contributed by atoms with van der Waals surface area (Å²) in [6.45, 7) is 4.03. The molecule has 0 atom stereocenters. The number of aromatic amines is 1. The van der Waals surface area contributed by atoms with Crippen LogP contribution in [0.3, 0.4) is 0 Å². The first kappa shape index (κ1) is 16.6. The zero-order valence-electron chi connectivity index (χ0n) is 13.1. The number of benzene rings is 2. The summed E-state index contributed by atoms with van der Waals surface area (Å²) in [5.74, 6) is -0.0406. The Morgan fingerprint density at radius 2 is 2.00 bits per heavy atom. The molecule has 0 unspecified atom stereocenters. The van der Waals surface area contributed by atoms with Crippen molar-refractivity contribution >= 4 is 55.5 Å². The summed E-state index contributed by atoms with van der Waals surface area (Å²) in [4.78, 5) is 2.86. The maximum Gasteiger partial charge on any atom is 0.218 e. The highest BCUT2D eigenvalue weighted by Gasteiger charge is 2.11. The van der Waals surface area contributed by atoms with Gasteiger partial charge in [0.15, 0.2) is 5.69 Å². The van der Waals surface area contributed by atoms with Crippen molar-refractivity contribution in [3.05, 3.63) is 52.0 Å². The summed E-state index contributed by atoms with van der Waals surface area (Å²) in [6.07, 6.45) is 0. The fourth-order valence-electron chi connectivity index (χ4n) is 2.43. The van der Waals surface area contributed by atoms with Crippen molar-refractivity contribution in [3.63, 3.8) is 0 Å². The summed E-state index contributed by atoms with van der Waals surface area (Å²) >= 11 is 8.63. The molecule has 0 aliphatic rings. The molecular formula is C17H15BrN4OS. The molecule has 0 amide bonds. The predicted molar refractivity (Wildman–Crippen MR) is 104 cm³/mol. The number of halogens is 1. The first-order valence-electron chi connectivity index (χ1n) is 7.24. The van der Waals surface area contributed by atoms with Gasteiger partial charge in [-0.25, -0.2) is 0 Å². The fourth-order valence-corrected chi connectivity index (χ4v) is 2.94. The van der Waals surface area contributed by atoms with Crippen molar-refractivity contribution in [2.24, 2.45) is 10.2 Å². The smallest absolute Gasteiger partial charge is 0.218 e. The van der Waals surface area contributed by atoms with Crippen LogP contribution in [0.15, 0.2) is 51.1 Å². The van der Waals surface area contributed by atoms with E-state index in [-0.39, 0.29) is 11.0 Å². The van der Waals surface area contributed by atoms with E-state index in [0.717, 1.165) is 26.6 Å². The number of nitrogens with zero attached hydrogens (tertiary/aromatic N) is 2. The highest BCUT2D eigenvalue weighted by atomic mass is 79.9. The highest BCUT2D eigenvalue weighted by Crippen LogP contribution is 2.36. The van der Waals surface area contributed by atoms with Gasteiger partial charge in [-0.05, 0) is 55.9 Å². The monoisotopic (exact) mass is 402 g/mol. The van der Waals surface area contributed by atoms with Gasteiger partial charge >= 0.3 is 0 Å². The van der Waals surface area contributed by atoms with E-state index in [4.69, 9.17) is 12.2 Å². The lowest BCUT2D eigenvalue weighted by Crippen LogP contribution is -2.06. The van der Waals surface area contributed by atoms with Crippen molar-refractivity contribution in [1.29, 1.82) is 0 Å². The van der Waals surface area contributed by atoms with Gasteiger partial charge in [0.25, 0.3) is 0 Å².